The Morgan fingerprint density at radius 2 is 2.40 bits per heavy atom. The van der Waals surface area contributed by atoms with E-state index in [1.165, 1.54) is 0 Å². The van der Waals surface area contributed by atoms with E-state index in [-0.39, 0.29) is 0 Å². The lowest BCUT2D eigenvalue weighted by Gasteiger charge is -2.16. The van der Waals surface area contributed by atoms with E-state index in [4.69, 9.17) is 0 Å². The summed E-state index contributed by atoms with van der Waals surface area (Å²) >= 11 is 0. The van der Waals surface area contributed by atoms with Crippen LogP contribution in [-0.4, -0.2) is 13.2 Å². The van der Waals surface area contributed by atoms with Gasteiger partial charge in [0.1, 0.15) is 6.17 Å². The Labute approximate surface area is 60.6 Å². The first kappa shape index (κ1) is 7.32. The maximum absolute atomic E-state index is 12.9. The van der Waals surface area contributed by atoms with Gasteiger partial charge in [0.25, 0.3) is 0 Å². The molecule has 1 N–H and O–H groups in total. The predicted octanol–water partition coefficient (Wildman–Crippen LogP) is 1.78. The number of rotatable bonds is 1. The largest absolute Gasteiger partial charge is 0.389 e. The van der Waals surface area contributed by atoms with E-state index in [9.17, 15) is 4.39 Å². The van der Waals surface area contributed by atoms with Gasteiger partial charge in [0.05, 0.1) is 0 Å². The molecule has 1 aliphatic carbocycles. The molecule has 0 aromatic heterocycles. The first-order valence-electron chi connectivity index (χ1n) is 3.45. The average molecular weight is 141 g/mol. The fraction of sp³-hybridized carbons (Fsp3) is 0.500. The second-order valence-corrected chi connectivity index (χ2v) is 2.45. The highest BCUT2D eigenvalue weighted by Gasteiger charge is 2.14. The molecule has 0 aromatic rings. The Bertz CT molecular complexity index is 182. The smallest absolute Gasteiger partial charge is 0.143 e. The summed E-state index contributed by atoms with van der Waals surface area (Å²) in [5.41, 5.74) is 1.73. The van der Waals surface area contributed by atoms with E-state index in [0.29, 0.717) is 6.42 Å². The van der Waals surface area contributed by atoms with Gasteiger partial charge in [-0.15, -0.1) is 0 Å². The Hall–Kier alpha value is -0.790. The minimum Gasteiger partial charge on any atom is -0.389 e. The molecule has 1 rings (SSSR count). The van der Waals surface area contributed by atoms with Crippen LogP contribution in [0.1, 0.15) is 13.3 Å². The Kier molecular flexibility index (Phi) is 2.10. The van der Waals surface area contributed by atoms with Gasteiger partial charge < -0.3 is 5.32 Å². The van der Waals surface area contributed by atoms with Crippen molar-refractivity contribution in [2.24, 2.45) is 0 Å². The van der Waals surface area contributed by atoms with Crippen molar-refractivity contribution in [2.75, 3.05) is 7.05 Å². The monoisotopic (exact) mass is 141 g/mol. The van der Waals surface area contributed by atoms with Crippen molar-refractivity contribution in [3.05, 3.63) is 23.4 Å². The number of allylic oxidation sites excluding steroid dienone is 4. The van der Waals surface area contributed by atoms with Gasteiger partial charge in [-0.1, -0.05) is 12.2 Å². The van der Waals surface area contributed by atoms with Crippen molar-refractivity contribution >= 4 is 0 Å². The van der Waals surface area contributed by atoms with Gasteiger partial charge in [-0.3, -0.25) is 0 Å². The second-order valence-electron chi connectivity index (χ2n) is 2.45. The SMILES string of the molecule is CNC1=C(C)C=CCC1F. The molecule has 1 aliphatic rings. The summed E-state index contributed by atoms with van der Waals surface area (Å²) in [6.45, 7) is 1.91. The number of nitrogens with one attached hydrogen (secondary N) is 1. The van der Waals surface area contributed by atoms with Crippen LogP contribution < -0.4 is 5.32 Å². The summed E-state index contributed by atoms with van der Waals surface area (Å²) in [7, 11) is 1.75. The lowest BCUT2D eigenvalue weighted by atomic mass is 10.0. The highest BCUT2D eigenvalue weighted by atomic mass is 19.1. The molecule has 1 atom stereocenters. The van der Waals surface area contributed by atoms with E-state index >= 15 is 0 Å². The van der Waals surface area contributed by atoms with Crippen molar-refractivity contribution in [3.8, 4) is 0 Å². The molecule has 2 heteroatoms. The summed E-state index contributed by atoms with van der Waals surface area (Å²) in [4.78, 5) is 0. The quantitative estimate of drug-likeness (QED) is 0.587. The molecule has 0 saturated carbocycles. The lowest BCUT2D eigenvalue weighted by Crippen LogP contribution is -2.20. The maximum atomic E-state index is 12.9. The summed E-state index contributed by atoms with van der Waals surface area (Å²) < 4.78 is 12.9. The summed E-state index contributed by atoms with van der Waals surface area (Å²) in [5.74, 6) is 0. The van der Waals surface area contributed by atoms with E-state index < -0.39 is 6.17 Å². The first-order valence-corrected chi connectivity index (χ1v) is 3.45. The van der Waals surface area contributed by atoms with Gasteiger partial charge in [-0.05, 0) is 12.5 Å². The molecule has 0 bridgehead atoms. The first-order chi connectivity index (χ1) is 4.75. The minimum atomic E-state index is -0.824. The zero-order valence-corrected chi connectivity index (χ0v) is 6.32. The Morgan fingerprint density at radius 3 is 2.80 bits per heavy atom. The van der Waals surface area contributed by atoms with Crippen LogP contribution in [0.25, 0.3) is 0 Å². The third-order valence-corrected chi connectivity index (χ3v) is 1.72. The molecule has 0 amide bonds. The topological polar surface area (TPSA) is 12.0 Å². The number of hydrogen-bond acceptors (Lipinski definition) is 1. The molecule has 0 spiro atoms. The van der Waals surface area contributed by atoms with Crippen molar-refractivity contribution in [2.45, 2.75) is 19.5 Å². The fourth-order valence-corrected chi connectivity index (χ4v) is 1.17. The summed E-state index contributed by atoms with van der Waals surface area (Å²) in [6, 6.07) is 0. The van der Waals surface area contributed by atoms with Gasteiger partial charge in [0.15, 0.2) is 0 Å². The van der Waals surface area contributed by atoms with Crippen molar-refractivity contribution in [1.82, 2.24) is 5.32 Å². The normalized spacial score (nSPS) is 25.3. The van der Waals surface area contributed by atoms with Gasteiger partial charge in [-0.25, -0.2) is 4.39 Å². The van der Waals surface area contributed by atoms with Crippen LogP contribution in [0.5, 0.6) is 0 Å². The highest BCUT2D eigenvalue weighted by Crippen LogP contribution is 2.18. The standard InChI is InChI=1S/C8H12FN/c1-6-4-3-5-7(9)8(6)10-2/h3-4,7,10H,5H2,1-2H3. The summed E-state index contributed by atoms with van der Waals surface area (Å²) in [5, 5.41) is 2.86. The van der Waals surface area contributed by atoms with Crippen molar-refractivity contribution < 1.29 is 4.39 Å². The van der Waals surface area contributed by atoms with Gasteiger partial charge >= 0.3 is 0 Å². The third-order valence-electron chi connectivity index (χ3n) is 1.72. The molecule has 56 valence electrons. The highest BCUT2D eigenvalue weighted by molar-refractivity contribution is 5.29. The summed E-state index contributed by atoms with van der Waals surface area (Å²) in [6.07, 6.45) is 3.49. The van der Waals surface area contributed by atoms with E-state index in [2.05, 4.69) is 5.32 Å². The second kappa shape index (κ2) is 2.86. The van der Waals surface area contributed by atoms with Gasteiger partial charge in [-0.2, -0.15) is 0 Å². The molecule has 0 radical (unpaired) electrons. The van der Waals surface area contributed by atoms with Crippen LogP contribution in [0, 0.1) is 0 Å². The average Bonchev–Trinajstić information content (AvgIpc) is 1.88. The van der Waals surface area contributed by atoms with Crippen LogP contribution in [0.3, 0.4) is 0 Å². The van der Waals surface area contributed by atoms with Crippen LogP contribution >= 0.6 is 0 Å². The third kappa shape index (κ3) is 1.20. The van der Waals surface area contributed by atoms with Crippen LogP contribution in [-0.2, 0) is 0 Å². The molecule has 0 heterocycles. The van der Waals surface area contributed by atoms with Crippen molar-refractivity contribution in [3.63, 3.8) is 0 Å². The molecular weight excluding hydrogens is 129 g/mol. The number of halogens is 1. The molecule has 1 unspecified atom stereocenters. The molecule has 0 aliphatic heterocycles. The molecular formula is C8H12FN. The van der Waals surface area contributed by atoms with E-state index in [0.717, 1.165) is 11.3 Å². The molecule has 1 nitrogen and oxygen atoms in total. The van der Waals surface area contributed by atoms with Crippen LogP contribution in [0.4, 0.5) is 4.39 Å². The van der Waals surface area contributed by atoms with Crippen molar-refractivity contribution in [1.29, 1.82) is 0 Å². The van der Waals surface area contributed by atoms with Crippen LogP contribution in [0.15, 0.2) is 23.4 Å². The predicted molar refractivity (Wildman–Crippen MR) is 40.4 cm³/mol. The zero-order valence-electron chi connectivity index (χ0n) is 6.32. The van der Waals surface area contributed by atoms with Crippen LogP contribution in [0.2, 0.25) is 0 Å². The Balaban J connectivity index is 2.83. The lowest BCUT2D eigenvalue weighted by molar-refractivity contribution is 0.366. The number of alkyl halides is 1. The molecule has 0 fully saturated rings. The number of hydrogen-bond donors (Lipinski definition) is 1. The van der Waals surface area contributed by atoms with E-state index in [1.807, 2.05) is 19.1 Å². The maximum Gasteiger partial charge on any atom is 0.143 e. The zero-order chi connectivity index (χ0) is 7.56. The van der Waals surface area contributed by atoms with Gasteiger partial charge in [0.2, 0.25) is 0 Å². The fourth-order valence-electron chi connectivity index (χ4n) is 1.17. The molecule has 10 heavy (non-hydrogen) atoms. The Morgan fingerprint density at radius 1 is 1.70 bits per heavy atom. The minimum absolute atomic E-state index is 0.507. The van der Waals surface area contributed by atoms with E-state index in [1.54, 1.807) is 7.05 Å². The molecule has 0 aromatic carbocycles. The molecule has 0 saturated heterocycles. The van der Waals surface area contributed by atoms with Gasteiger partial charge in [0, 0.05) is 19.2 Å².